The van der Waals surface area contributed by atoms with E-state index in [1.807, 2.05) is 0 Å². The molecule has 0 fully saturated rings. The summed E-state index contributed by atoms with van der Waals surface area (Å²) in [7, 11) is 1.25. The second-order valence-electron chi connectivity index (χ2n) is 3.60. The molecule has 0 bridgehead atoms. The molecule has 4 nitrogen and oxygen atoms in total. The quantitative estimate of drug-likeness (QED) is 0.809. The molecule has 0 aliphatic carbocycles. The van der Waals surface area contributed by atoms with Gasteiger partial charge in [-0.15, -0.1) is 0 Å². The van der Waals surface area contributed by atoms with Gasteiger partial charge in [-0.1, -0.05) is 22.9 Å². The Labute approximate surface area is 117 Å². The van der Waals surface area contributed by atoms with Crippen LogP contribution < -0.4 is 4.74 Å². The van der Waals surface area contributed by atoms with Crippen LogP contribution >= 0.6 is 22.9 Å². The highest BCUT2D eigenvalue weighted by molar-refractivity contribution is 7.15. The molecule has 100 valence electrons. The summed E-state index contributed by atoms with van der Waals surface area (Å²) in [6.07, 6.45) is 0. The zero-order chi connectivity index (χ0) is 14.0. The molecule has 19 heavy (non-hydrogen) atoms. The fraction of sp³-hybridized carbons (Fsp3) is 0.167. The molecule has 0 N–H and O–H groups in total. The molecule has 0 amide bonds. The van der Waals surface area contributed by atoms with E-state index in [1.54, 1.807) is 6.92 Å². The number of rotatable bonds is 3. The van der Waals surface area contributed by atoms with Gasteiger partial charge >= 0.3 is 5.97 Å². The number of aryl methyl sites for hydroxylation is 1. The Morgan fingerprint density at radius 1 is 1.47 bits per heavy atom. The smallest absolute Gasteiger partial charge is 0.351 e. The van der Waals surface area contributed by atoms with Gasteiger partial charge in [-0.25, -0.2) is 9.18 Å². The fourth-order valence-corrected chi connectivity index (χ4v) is 2.43. The minimum atomic E-state index is -0.576. The second kappa shape index (κ2) is 5.54. The number of ether oxygens (including phenoxy) is 2. The van der Waals surface area contributed by atoms with E-state index in [9.17, 15) is 9.18 Å². The zero-order valence-corrected chi connectivity index (χ0v) is 11.6. The van der Waals surface area contributed by atoms with Gasteiger partial charge in [-0.3, -0.25) is 0 Å². The van der Waals surface area contributed by atoms with Crippen molar-refractivity contribution in [3.05, 3.63) is 39.6 Å². The number of thiazole rings is 1. The molecule has 2 rings (SSSR count). The maximum absolute atomic E-state index is 13.0. The maximum Gasteiger partial charge on any atom is 0.351 e. The minimum Gasteiger partial charge on any atom is -0.465 e. The third kappa shape index (κ3) is 3.02. The van der Waals surface area contributed by atoms with Gasteiger partial charge in [0.25, 0.3) is 5.19 Å². The van der Waals surface area contributed by atoms with Crippen LogP contribution in [0.15, 0.2) is 18.2 Å². The summed E-state index contributed by atoms with van der Waals surface area (Å²) >= 11 is 6.77. The van der Waals surface area contributed by atoms with Gasteiger partial charge in [0.2, 0.25) is 0 Å². The highest BCUT2D eigenvalue weighted by Gasteiger charge is 2.18. The average molecular weight is 302 g/mol. The molecule has 1 aromatic carbocycles. The normalized spacial score (nSPS) is 10.3. The Morgan fingerprint density at radius 2 is 2.21 bits per heavy atom. The molecule has 0 aliphatic heterocycles. The number of halogens is 2. The van der Waals surface area contributed by atoms with Gasteiger partial charge in [0, 0.05) is 0 Å². The third-order valence-electron chi connectivity index (χ3n) is 2.27. The molecule has 0 saturated carbocycles. The predicted octanol–water partition coefficient (Wildman–Crippen LogP) is 3.82. The van der Waals surface area contributed by atoms with Gasteiger partial charge in [0.15, 0.2) is 10.0 Å². The highest BCUT2D eigenvalue weighted by Crippen LogP contribution is 2.33. The Kier molecular flexibility index (Phi) is 4.01. The first-order chi connectivity index (χ1) is 9.01. The summed E-state index contributed by atoms with van der Waals surface area (Å²) in [5.74, 6) is -0.478. The van der Waals surface area contributed by atoms with Crippen LogP contribution in [0.1, 0.15) is 15.2 Å². The number of hydrogen-bond donors (Lipinski definition) is 0. The van der Waals surface area contributed by atoms with E-state index in [0.29, 0.717) is 11.3 Å². The lowest BCUT2D eigenvalue weighted by Crippen LogP contribution is -1.98. The number of methoxy groups -OCH3 is 1. The van der Waals surface area contributed by atoms with Crippen molar-refractivity contribution in [2.24, 2.45) is 0 Å². The summed E-state index contributed by atoms with van der Waals surface area (Å²) in [5.41, 5.74) is 0.617. The van der Waals surface area contributed by atoms with E-state index in [1.165, 1.54) is 25.3 Å². The SMILES string of the molecule is COC(=O)c1sc(Oc2ccc(F)cc2C)nc1Cl. The lowest BCUT2D eigenvalue weighted by atomic mass is 10.2. The topological polar surface area (TPSA) is 48.4 Å². The summed E-state index contributed by atoms with van der Waals surface area (Å²) in [4.78, 5) is 15.4. The molecule has 2 aromatic rings. The van der Waals surface area contributed by atoms with Crippen molar-refractivity contribution >= 4 is 28.9 Å². The summed E-state index contributed by atoms with van der Waals surface area (Å²) in [6.45, 7) is 1.70. The molecule has 0 aliphatic rings. The summed E-state index contributed by atoms with van der Waals surface area (Å²) < 4.78 is 23.0. The predicted molar refractivity (Wildman–Crippen MR) is 69.7 cm³/mol. The molecule has 0 radical (unpaired) electrons. The number of esters is 1. The maximum atomic E-state index is 13.0. The van der Waals surface area contributed by atoms with Crippen LogP contribution in [-0.4, -0.2) is 18.1 Å². The molecule has 1 heterocycles. The monoisotopic (exact) mass is 301 g/mol. The Morgan fingerprint density at radius 3 is 2.84 bits per heavy atom. The van der Waals surface area contributed by atoms with Gasteiger partial charge in [0.05, 0.1) is 7.11 Å². The van der Waals surface area contributed by atoms with Crippen molar-refractivity contribution in [2.45, 2.75) is 6.92 Å². The van der Waals surface area contributed by atoms with E-state index < -0.39 is 5.97 Å². The average Bonchev–Trinajstić information content (AvgIpc) is 2.73. The third-order valence-corrected chi connectivity index (χ3v) is 3.57. The van der Waals surface area contributed by atoms with E-state index >= 15 is 0 Å². The largest absolute Gasteiger partial charge is 0.465 e. The number of nitrogens with zero attached hydrogens (tertiary/aromatic N) is 1. The Bertz CT molecular complexity index is 629. The molecular weight excluding hydrogens is 293 g/mol. The Hall–Kier alpha value is -1.66. The zero-order valence-electron chi connectivity index (χ0n) is 10.1. The highest BCUT2D eigenvalue weighted by atomic mass is 35.5. The summed E-state index contributed by atoms with van der Waals surface area (Å²) in [6, 6.07) is 4.10. The van der Waals surface area contributed by atoms with E-state index in [0.717, 1.165) is 11.3 Å². The minimum absolute atomic E-state index is 0.0200. The molecule has 0 spiro atoms. The van der Waals surface area contributed by atoms with E-state index in [2.05, 4.69) is 9.72 Å². The molecule has 0 saturated heterocycles. The standard InChI is InChI=1S/C12H9ClFNO3S/c1-6-5-7(14)3-4-8(6)18-12-15-10(13)9(19-12)11(16)17-2/h3-5H,1-2H3. The number of carbonyl (C=O) groups excluding carboxylic acids is 1. The Balaban J connectivity index is 2.26. The van der Waals surface area contributed by atoms with Gasteiger partial charge < -0.3 is 9.47 Å². The van der Waals surface area contributed by atoms with Crippen LogP contribution in [0.2, 0.25) is 5.15 Å². The first-order valence-electron chi connectivity index (χ1n) is 5.20. The van der Waals surface area contributed by atoms with Crippen molar-refractivity contribution < 1.29 is 18.7 Å². The van der Waals surface area contributed by atoms with Crippen LogP contribution in [0.3, 0.4) is 0 Å². The van der Waals surface area contributed by atoms with Gasteiger partial charge in [-0.05, 0) is 30.7 Å². The van der Waals surface area contributed by atoms with E-state index in [4.69, 9.17) is 16.3 Å². The number of aromatic nitrogens is 1. The molecule has 0 atom stereocenters. The first kappa shape index (κ1) is 13.8. The number of carbonyl (C=O) groups is 1. The van der Waals surface area contributed by atoms with Gasteiger partial charge in [-0.2, -0.15) is 4.98 Å². The second-order valence-corrected chi connectivity index (χ2v) is 4.92. The van der Waals surface area contributed by atoms with Crippen LogP contribution in [-0.2, 0) is 4.74 Å². The summed E-state index contributed by atoms with van der Waals surface area (Å²) in [5, 5.41) is 0.215. The van der Waals surface area contributed by atoms with Crippen molar-refractivity contribution in [1.29, 1.82) is 0 Å². The molecular formula is C12H9ClFNO3S. The number of hydrogen-bond acceptors (Lipinski definition) is 5. The van der Waals surface area contributed by atoms with Crippen molar-refractivity contribution in [3.63, 3.8) is 0 Å². The van der Waals surface area contributed by atoms with Crippen molar-refractivity contribution in [3.8, 4) is 10.9 Å². The lowest BCUT2D eigenvalue weighted by Gasteiger charge is -2.04. The van der Waals surface area contributed by atoms with Crippen LogP contribution in [0.5, 0.6) is 10.9 Å². The van der Waals surface area contributed by atoms with Gasteiger partial charge in [0.1, 0.15) is 11.6 Å². The van der Waals surface area contributed by atoms with Crippen LogP contribution in [0.4, 0.5) is 4.39 Å². The first-order valence-corrected chi connectivity index (χ1v) is 6.39. The molecule has 7 heteroatoms. The fourth-order valence-electron chi connectivity index (χ4n) is 1.37. The van der Waals surface area contributed by atoms with E-state index in [-0.39, 0.29) is 21.0 Å². The van der Waals surface area contributed by atoms with Crippen LogP contribution in [0.25, 0.3) is 0 Å². The molecule has 0 unspecified atom stereocenters. The van der Waals surface area contributed by atoms with Crippen LogP contribution in [0, 0.1) is 12.7 Å². The molecule has 1 aromatic heterocycles. The van der Waals surface area contributed by atoms with Crippen molar-refractivity contribution in [1.82, 2.24) is 4.98 Å². The lowest BCUT2D eigenvalue weighted by molar-refractivity contribution is 0.0606. The number of benzene rings is 1. The van der Waals surface area contributed by atoms with Crippen molar-refractivity contribution in [2.75, 3.05) is 7.11 Å².